The first-order valence-corrected chi connectivity index (χ1v) is 7.79. The molecule has 0 fully saturated rings. The molecule has 4 nitrogen and oxygen atoms in total. The molecule has 0 unspecified atom stereocenters. The number of nitrogens with two attached hydrogens (primary N) is 1. The van der Waals surface area contributed by atoms with Gasteiger partial charge in [-0.25, -0.2) is 4.98 Å². The fraction of sp³-hybridized carbons (Fsp3) is 0.385. The maximum atomic E-state index is 8.73. The number of thiazole rings is 1. The topological polar surface area (TPSA) is 71.5 Å². The minimum absolute atomic E-state index is 0.275. The van der Waals surface area contributed by atoms with Gasteiger partial charge in [0.1, 0.15) is 5.84 Å². The van der Waals surface area contributed by atoms with Crippen LogP contribution in [0.15, 0.2) is 33.8 Å². The predicted molar refractivity (Wildman–Crippen MR) is 82.2 cm³/mol. The lowest BCUT2D eigenvalue weighted by molar-refractivity contribution is 0.307. The molecular weight excluding hydrogens is 278 g/mol. The van der Waals surface area contributed by atoms with Gasteiger partial charge in [-0.1, -0.05) is 42.9 Å². The highest BCUT2D eigenvalue weighted by atomic mass is 32.2. The molecule has 1 aromatic heterocycles. The molecule has 0 aliphatic carbocycles. The first kappa shape index (κ1) is 14.1. The van der Waals surface area contributed by atoms with Crippen LogP contribution in [-0.4, -0.2) is 21.8 Å². The smallest absolute Gasteiger partial charge is 0.151 e. The quantitative estimate of drug-likeness (QED) is 0.291. The van der Waals surface area contributed by atoms with E-state index in [2.05, 4.69) is 16.2 Å². The van der Waals surface area contributed by atoms with Crippen molar-refractivity contribution >= 4 is 39.2 Å². The third kappa shape index (κ3) is 3.39. The predicted octanol–water partition coefficient (Wildman–Crippen LogP) is 3.55. The van der Waals surface area contributed by atoms with E-state index in [-0.39, 0.29) is 11.3 Å². The highest BCUT2D eigenvalue weighted by Gasteiger charge is 2.23. The van der Waals surface area contributed by atoms with Crippen LogP contribution in [0, 0.1) is 5.41 Å². The molecular formula is C13H17N3OS2. The van der Waals surface area contributed by atoms with Gasteiger partial charge in [-0.15, -0.1) is 11.3 Å². The Morgan fingerprint density at radius 3 is 2.89 bits per heavy atom. The number of benzene rings is 1. The summed E-state index contributed by atoms with van der Waals surface area (Å²) in [6, 6.07) is 8.13. The van der Waals surface area contributed by atoms with Gasteiger partial charge in [0, 0.05) is 11.2 Å². The zero-order valence-corrected chi connectivity index (χ0v) is 12.6. The van der Waals surface area contributed by atoms with Gasteiger partial charge < -0.3 is 10.9 Å². The fourth-order valence-electron chi connectivity index (χ4n) is 1.57. The van der Waals surface area contributed by atoms with Crippen LogP contribution in [0.2, 0.25) is 0 Å². The second-order valence-corrected chi connectivity index (χ2v) is 7.29. The molecule has 102 valence electrons. The van der Waals surface area contributed by atoms with Crippen LogP contribution in [0.4, 0.5) is 0 Å². The number of fused-ring (bicyclic) bond motifs is 1. The zero-order valence-electron chi connectivity index (χ0n) is 11.0. The molecule has 2 aromatic rings. The van der Waals surface area contributed by atoms with Crippen molar-refractivity contribution in [3.8, 4) is 0 Å². The normalized spacial score (nSPS) is 13.1. The Bertz CT molecular complexity index is 559. The van der Waals surface area contributed by atoms with E-state index in [9.17, 15) is 0 Å². The van der Waals surface area contributed by atoms with E-state index in [1.807, 2.05) is 32.0 Å². The molecule has 0 bridgehead atoms. The largest absolute Gasteiger partial charge is 0.409 e. The monoisotopic (exact) mass is 295 g/mol. The van der Waals surface area contributed by atoms with E-state index >= 15 is 0 Å². The molecule has 0 radical (unpaired) electrons. The summed E-state index contributed by atoms with van der Waals surface area (Å²) in [4.78, 5) is 4.57. The molecule has 19 heavy (non-hydrogen) atoms. The van der Waals surface area contributed by atoms with Gasteiger partial charge in [0.25, 0.3) is 0 Å². The highest BCUT2D eigenvalue weighted by Crippen LogP contribution is 2.32. The number of thioether (sulfide) groups is 1. The summed E-state index contributed by atoms with van der Waals surface area (Å²) >= 11 is 3.42. The third-order valence-electron chi connectivity index (χ3n) is 3.03. The number of nitrogens with zero attached hydrogens (tertiary/aromatic N) is 2. The maximum absolute atomic E-state index is 8.73. The number of oxime groups is 1. The fourth-order valence-corrected chi connectivity index (χ4v) is 3.97. The molecule has 0 amide bonds. The molecule has 0 aliphatic rings. The molecule has 1 heterocycles. The summed E-state index contributed by atoms with van der Waals surface area (Å²) in [5, 5.41) is 11.8. The maximum Gasteiger partial charge on any atom is 0.151 e. The molecule has 0 aliphatic heterocycles. The Balaban J connectivity index is 1.96. The van der Waals surface area contributed by atoms with Crippen LogP contribution < -0.4 is 5.73 Å². The minimum Gasteiger partial charge on any atom is -0.409 e. The second kappa shape index (κ2) is 5.79. The molecule has 0 spiro atoms. The zero-order chi connectivity index (χ0) is 13.9. The summed E-state index contributed by atoms with van der Waals surface area (Å²) in [5.41, 5.74) is 6.42. The van der Waals surface area contributed by atoms with Crippen molar-refractivity contribution in [3.63, 3.8) is 0 Å². The first-order chi connectivity index (χ1) is 9.03. The van der Waals surface area contributed by atoms with E-state index in [4.69, 9.17) is 10.9 Å². The van der Waals surface area contributed by atoms with Crippen LogP contribution in [0.5, 0.6) is 0 Å². The molecule has 0 saturated carbocycles. The van der Waals surface area contributed by atoms with E-state index < -0.39 is 0 Å². The molecule has 0 atom stereocenters. The number of aromatic nitrogens is 1. The van der Waals surface area contributed by atoms with Gasteiger partial charge in [0.05, 0.1) is 10.2 Å². The Morgan fingerprint density at radius 2 is 2.21 bits per heavy atom. The van der Waals surface area contributed by atoms with Crippen LogP contribution >= 0.6 is 23.1 Å². The summed E-state index contributed by atoms with van der Waals surface area (Å²) < 4.78 is 2.28. The standard InChI is InChI=1S/C13H17N3OS2/c1-13(2,11(14)16-17)7-8-18-12-15-9-5-3-4-6-10(9)19-12/h3-6,17H,7-8H2,1-2H3,(H2,14,16). The van der Waals surface area contributed by atoms with Crippen LogP contribution in [-0.2, 0) is 0 Å². The highest BCUT2D eigenvalue weighted by molar-refractivity contribution is 8.01. The van der Waals surface area contributed by atoms with E-state index in [0.717, 1.165) is 22.0 Å². The Morgan fingerprint density at radius 1 is 1.47 bits per heavy atom. The van der Waals surface area contributed by atoms with Crippen molar-refractivity contribution < 1.29 is 5.21 Å². The number of amidine groups is 1. The van der Waals surface area contributed by atoms with E-state index in [1.165, 1.54) is 4.70 Å². The average molecular weight is 295 g/mol. The minimum atomic E-state index is -0.293. The van der Waals surface area contributed by atoms with Crippen molar-refractivity contribution in [2.45, 2.75) is 24.6 Å². The molecule has 0 saturated heterocycles. The van der Waals surface area contributed by atoms with E-state index in [0.29, 0.717) is 0 Å². The van der Waals surface area contributed by atoms with Crippen molar-refractivity contribution in [1.82, 2.24) is 4.98 Å². The number of rotatable bonds is 5. The Kier molecular flexibility index (Phi) is 4.31. The van der Waals surface area contributed by atoms with Gasteiger partial charge in [-0.2, -0.15) is 0 Å². The molecule has 3 N–H and O–H groups in total. The van der Waals surface area contributed by atoms with Gasteiger partial charge in [0.2, 0.25) is 0 Å². The summed E-state index contributed by atoms with van der Waals surface area (Å²) in [6.07, 6.45) is 0.837. The van der Waals surface area contributed by atoms with Crippen molar-refractivity contribution in [2.24, 2.45) is 16.3 Å². The molecule has 1 aromatic carbocycles. The summed E-state index contributed by atoms with van der Waals surface area (Å²) in [6.45, 7) is 3.95. The Hall–Kier alpha value is -1.27. The van der Waals surface area contributed by atoms with Crippen molar-refractivity contribution in [1.29, 1.82) is 0 Å². The lowest BCUT2D eigenvalue weighted by Crippen LogP contribution is -2.32. The van der Waals surface area contributed by atoms with Crippen molar-refractivity contribution in [2.75, 3.05) is 5.75 Å². The molecule has 2 rings (SSSR count). The van der Waals surface area contributed by atoms with Crippen molar-refractivity contribution in [3.05, 3.63) is 24.3 Å². The number of para-hydroxylation sites is 1. The first-order valence-electron chi connectivity index (χ1n) is 5.99. The van der Waals surface area contributed by atoms with Crippen LogP contribution in [0.3, 0.4) is 0 Å². The van der Waals surface area contributed by atoms with Gasteiger partial charge in [-0.05, 0) is 18.6 Å². The number of hydrogen-bond acceptors (Lipinski definition) is 5. The van der Waals surface area contributed by atoms with Gasteiger partial charge >= 0.3 is 0 Å². The van der Waals surface area contributed by atoms with Crippen LogP contribution in [0.25, 0.3) is 10.2 Å². The average Bonchev–Trinajstić information content (AvgIpc) is 2.80. The summed E-state index contributed by atoms with van der Waals surface area (Å²) in [5.74, 6) is 1.17. The van der Waals surface area contributed by atoms with Gasteiger partial charge in [-0.3, -0.25) is 0 Å². The van der Waals surface area contributed by atoms with E-state index in [1.54, 1.807) is 23.1 Å². The lowest BCUT2D eigenvalue weighted by atomic mass is 9.89. The van der Waals surface area contributed by atoms with Crippen LogP contribution in [0.1, 0.15) is 20.3 Å². The Labute approximate surface area is 120 Å². The van der Waals surface area contributed by atoms with Gasteiger partial charge in [0.15, 0.2) is 4.34 Å². The third-order valence-corrected chi connectivity index (χ3v) is 5.21. The SMILES string of the molecule is CC(C)(CCSc1nc2ccccc2s1)C(N)=NO. The number of hydrogen-bond donors (Lipinski definition) is 2. The second-order valence-electron chi connectivity index (χ2n) is 4.92. The summed E-state index contributed by atoms with van der Waals surface area (Å²) in [7, 11) is 0. The lowest BCUT2D eigenvalue weighted by Gasteiger charge is -2.21. The molecule has 6 heteroatoms.